The summed E-state index contributed by atoms with van der Waals surface area (Å²) in [5, 5.41) is 8.49. The summed E-state index contributed by atoms with van der Waals surface area (Å²) in [6, 6.07) is 21.8. The number of carbonyl (C=O) groups excluding carboxylic acids is 2. The molecule has 0 saturated heterocycles. The first-order chi connectivity index (χ1) is 17.6. The van der Waals surface area contributed by atoms with Crippen LogP contribution in [0.5, 0.6) is 5.75 Å². The highest BCUT2D eigenvalue weighted by Gasteiger charge is 2.33. The van der Waals surface area contributed by atoms with E-state index in [1.807, 2.05) is 42.5 Å². The monoisotopic (exact) mass is 484 g/mol. The van der Waals surface area contributed by atoms with E-state index >= 15 is 0 Å². The molecule has 1 aliphatic carbocycles. The summed E-state index contributed by atoms with van der Waals surface area (Å²) in [7, 11) is 1.63. The second-order valence-electron chi connectivity index (χ2n) is 9.69. The van der Waals surface area contributed by atoms with Crippen LogP contribution in [0.3, 0.4) is 0 Å². The first-order valence-corrected chi connectivity index (χ1v) is 12.8. The molecule has 6 nitrogen and oxygen atoms in total. The molecule has 1 aliphatic heterocycles. The number of hydrazone groups is 1. The average Bonchev–Trinajstić information content (AvgIpc) is 3.61. The Morgan fingerprint density at radius 3 is 2.47 bits per heavy atom. The number of carbonyl (C=O) groups is 2. The van der Waals surface area contributed by atoms with E-state index in [0.29, 0.717) is 18.8 Å². The van der Waals surface area contributed by atoms with Crippen LogP contribution in [-0.2, 0) is 14.3 Å². The number of benzene rings is 3. The fourth-order valence-corrected chi connectivity index (χ4v) is 5.27. The minimum Gasteiger partial charge on any atom is -0.497 e. The molecule has 1 unspecified atom stereocenters. The first-order valence-electron chi connectivity index (χ1n) is 12.8. The van der Waals surface area contributed by atoms with Gasteiger partial charge in [-0.1, -0.05) is 74.2 Å². The van der Waals surface area contributed by atoms with E-state index in [9.17, 15) is 9.59 Å². The molecule has 0 radical (unpaired) electrons. The number of nitrogens with zero attached hydrogens (tertiary/aromatic N) is 2. The molecule has 1 heterocycles. The van der Waals surface area contributed by atoms with Crippen molar-refractivity contribution >= 4 is 28.4 Å². The summed E-state index contributed by atoms with van der Waals surface area (Å²) in [5.74, 6) is 0.733. The molecule has 0 bridgehead atoms. The number of rotatable bonds is 8. The third kappa shape index (κ3) is 5.43. The lowest BCUT2D eigenvalue weighted by molar-refractivity contribution is -0.153. The molecule has 0 N–H and O–H groups in total. The molecule has 0 spiro atoms. The molecule has 36 heavy (non-hydrogen) atoms. The Bertz CT molecular complexity index is 1260. The Balaban J connectivity index is 1.32. The largest absolute Gasteiger partial charge is 0.497 e. The zero-order valence-corrected chi connectivity index (χ0v) is 20.7. The SMILES string of the molecule is COc1ccc(C2CC(c3ccc4ccccc4c3)=NN2C(=O)COC(=O)CCC2CCCC2)cc1. The molecule has 5 rings (SSSR count). The van der Waals surface area contributed by atoms with Crippen LogP contribution in [0.25, 0.3) is 10.8 Å². The maximum atomic E-state index is 13.2. The van der Waals surface area contributed by atoms with Gasteiger partial charge in [-0.3, -0.25) is 9.59 Å². The molecule has 1 amide bonds. The molecule has 1 fully saturated rings. The van der Waals surface area contributed by atoms with Gasteiger partial charge in [0.05, 0.1) is 18.9 Å². The number of hydrogen-bond donors (Lipinski definition) is 0. The van der Waals surface area contributed by atoms with Gasteiger partial charge in [-0.15, -0.1) is 0 Å². The van der Waals surface area contributed by atoms with Crippen molar-refractivity contribution in [3.05, 3.63) is 77.9 Å². The fraction of sp³-hybridized carbons (Fsp3) is 0.367. The van der Waals surface area contributed by atoms with E-state index in [0.717, 1.165) is 39.8 Å². The minimum atomic E-state index is -0.319. The van der Waals surface area contributed by atoms with Gasteiger partial charge in [-0.05, 0) is 52.4 Å². The molecule has 3 aromatic carbocycles. The third-order valence-corrected chi connectivity index (χ3v) is 7.34. The van der Waals surface area contributed by atoms with Gasteiger partial charge in [0, 0.05) is 12.8 Å². The number of fused-ring (bicyclic) bond motifs is 1. The molecular formula is C30H32N2O4. The van der Waals surface area contributed by atoms with Gasteiger partial charge in [0.2, 0.25) is 0 Å². The molecule has 186 valence electrons. The second-order valence-corrected chi connectivity index (χ2v) is 9.69. The number of esters is 1. The molecule has 6 heteroatoms. The fourth-order valence-electron chi connectivity index (χ4n) is 5.27. The Morgan fingerprint density at radius 2 is 1.72 bits per heavy atom. The van der Waals surface area contributed by atoms with Crippen LogP contribution in [0.15, 0.2) is 71.8 Å². The van der Waals surface area contributed by atoms with Crippen molar-refractivity contribution in [3.63, 3.8) is 0 Å². The van der Waals surface area contributed by atoms with E-state index in [1.54, 1.807) is 7.11 Å². The third-order valence-electron chi connectivity index (χ3n) is 7.34. The lowest BCUT2D eigenvalue weighted by Crippen LogP contribution is -2.31. The molecule has 0 aromatic heterocycles. The second kappa shape index (κ2) is 10.9. The maximum Gasteiger partial charge on any atom is 0.306 e. The Labute approximate surface area is 211 Å². The van der Waals surface area contributed by atoms with E-state index in [4.69, 9.17) is 14.6 Å². The quantitative estimate of drug-likeness (QED) is 0.366. The summed E-state index contributed by atoms with van der Waals surface area (Å²) >= 11 is 0. The van der Waals surface area contributed by atoms with Crippen molar-refractivity contribution < 1.29 is 19.1 Å². The van der Waals surface area contributed by atoms with Crippen molar-refractivity contribution in [2.45, 2.75) is 51.0 Å². The number of hydrogen-bond acceptors (Lipinski definition) is 5. The summed E-state index contributed by atoms with van der Waals surface area (Å²) in [6.45, 7) is -0.301. The Kier molecular flexibility index (Phi) is 7.31. The number of ether oxygens (including phenoxy) is 2. The highest BCUT2D eigenvalue weighted by molar-refractivity contribution is 6.05. The maximum absolute atomic E-state index is 13.2. The zero-order valence-electron chi connectivity index (χ0n) is 20.7. The van der Waals surface area contributed by atoms with E-state index in [2.05, 4.69) is 24.3 Å². The van der Waals surface area contributed by atoms with E-state index in [-0.39, 0.29) is 24.5 Å². The van der Waals surface area contributed by atoms with Crippen LogP contribution < -0.4 is 4.74 Å². The predicted octanol–water partition coefficient (Wildman–Crippen LogP) is 6.04. The van der Waals surface area contributed by atoms with Gasteiger partial charge in [-0.2, -0.15) is 5.10 Å². The molecule has 1 atom stereocenters. The minimum absolute atomic E-state index is 0.276. The Morgan fingerprint density at radius 1 is 0.972 bits per heavy atom. The highest BCUT2D eigenvalue weighted by Crippen LogP contribution is 2.34. The smallest absolute Gasteiger partial charge is 0.306 e. The van der Waals surface area contributed by atoms with Crippen LogP contribution in [-0.4, -0.2) is 36.3 Å². The lowest BCUT2D eigenvalue weighted by atomic mass is 9.97. The summed E-state index contributed by atoms with van der Waals surface area (Å²) < 4.78 is 10.7. The first kappa shape index (κ1) is 24.0. The molecule has 3 aromatic rings. The number of amides is 1. The van der Waals surface area contributed by atoms with Crippen molar-refractivity contribution in [2.75, 3.05) is 13.7 Å². The van der Waals surface area contributed by atoms with Crippen LogP contribution in [0.1, 0.15) is 62.1 Å². The standard InChI is InChI=1S/C30H32N2O4/c1-35-26-15-13-23(14-16-26)28-19-27(25-12-11-22-8-4-5-9-24(22)18-25)31-32(28)29(33)20-36-30(34)17-10-21-6-2-3-7-21/h4-5,8-9,11-16,18,21,28H,2-3,6-7,10,17,19-20H2,1H3. The summed E-state index contributed by atoms with van der Waals surface area (Å²) in [6.07, 6.45) is 6.66. The van der Waals surface area contributed by atoms with Gasteiger partial charge < -0.3 is 9.47 Å². The van der Waals surface area contributed by atoms with Crippen LogP contribution in [0, 0.1) is 5.92 Å². The summed E-state index contributed by atoms with van der Waals surface area (Å²) in [5.41, 5.74) is 2.77. The van der Waals surface area contributed by atoms with Gasteiger partial charge >= 0.3 is 5.97 Å². The predicted molar refractivity (Wildman–Crippen MR) is 140 cm³/mol. The van der Waals surface area contributed by atoms with Crippen LogP contribution in [0.4, 0.5) is 0 Å². The van der Waals surface area contributed by atoms with Crippen molar-refractivity contribution in [3.8, 4) is 5.75 Å². The van der Waals surface area contributed by atoms with E-state index < -0.39 is 0 Å². The van der Waals surface area contributed by atoms with Gasteiger partial charge in [-0.25, -0.2) is 5.01 Å². The lowest BCUT2D eigenvalue weighted by Gasteiger charge is -2.22. The van der Waals surface area contributed by atoms with Crippen LogP contribution >= 0.6 is 0 Å². The highest BCUT2D eigenvalue weighted by atomic mass is 16.5. The molecular weight excluding hydrogens is 452 g/mol. The normalized spacial score (nSPS) is 17.9. The van der Waals surface area contributed by atoms with Crippen molar-refractivity contribution in [2.24, 2.45) is 11.0 Å². The van der Waals surface area contributed by atoms with Gasteiger partial charge in [0.1, 0.15) is 5.75 Å². The number of methoxy groups -OCH3 is 1. The molecule has 2 aliphatic rings. The van der Waals surface area contributed by atoms with E-state index in [1.165, 1.54) is 30.7 Å². The van der Waals surface area contributed by atoms with Gasteiger partial charge in [0.15, 0.2) is 6.61 Å². The van der Waals surface area contributed by atoms with Crippen molar-refractivity contribution in [1.29, 1.82) is 0 Å². The topological polar surface area (TPSA) is 68.2 Å². The Hall–Kier alpha value is -3.67. The summed E-state index contributed by atoms with van der Waals surface area (Å²) in [4.78, 5) is 25.5. The van der Waals surface area contributed by atoms with Crippen LogP contribution in [0.2, 0.25) is 0 Å². The average molecular weight is 485 g/mol. The van der Waals surface area contributed by atoms with Gasteiger partial charge in [0.25, 0.3) is 5.91 Å². The molecule has 1 saturated carbocycles. The zero-order chi connectivity index (χ0) is 24.9. The van der Waals surface area contributed by atoms with Crippen molar-refractivity contribution in [1.82, 2.24) is 5.01 Å².